The van der Waals surface area contributed by atoms with Gasteiger partial charge in [-0.1, -0.05) is 17.7 Å². The van der Waals surface area contributed by atoms with Crippen LogP contribution in [0.25, 0.3) is 11.4 Å². The Morgan fingerprint density at radius 2 is 1.75 bits per heavy atom. The van der Waals surface area contributed by atoms with Crippen molar-refractivity contribution >= 4 is 29.7 Å². The van der Waals surface area contributed by atoms with E-state index in [2.05, 4.69) is 26.4 Å². The number of ether oxygens (including phenoxy) is 1. The van der Waals surface area contributed by atoms with Gasteiger partial charge in [-0.05, 0) is 62.5 Å². The SMILES string of the molecule is CCOc1ccc(-c2n[nH]c(=S)n2CCC(=O)NNC(=O)CNc2ccc(C)cc2)cc1. The van der Waals surface area contributed by atoms with Gasteiger partial charge in [-0.2, -0.15) is 5.10 Å². The number of amides is 2. The van der Waals surface area contributed by atoms with E-state index in [0.29, 0.717) is 23.7 Å². The lowest BCUT2D eigenvalue weighted by molar-refractivity contribution is -0.128. The van der Waals surface area contributed by atoms with E-state index in [4.69, 9.17) is 17.0 Å². The summed E-state index contributed by atoms with van der Waals surface area (Å²) in [6.07, 6.45) is 0.115. The van der Waals surface area contributed by atoms with Crippen molar-refractivity contribution < 1.29 is 14.3 Å². The first-order chi connectivity index (χ1) is 15.5. The number of aryl methyl sites for hydroxylation is 1. The summed E-state index contributed by atoms with van der Waals surface area (Å²) in [5.74, 6) is 0.699. The van der Waals surface area contributed by atoms with E-state index in [0.717, 1.165) is 22.6 Å². The Kier molecular flexibility index (Phi) is 7.98. The van der Waals surface area contributed by atoms with Crippen LogP contribution in [0.4, 0.5) is 5.69 Å². The fourth-order valence-electron chi connectivity index (χ4n) is 2.93. The maximum atomic E-state index is 12.2. The van der Waals surface area contributed by atoms with Crippen molar-refractivity contribution in [3.8, 4) is 17.1 Å². The number of nitrogens with one attached hydrogen (secondary N) is 4. The van der Waals surface area contributed by atoms with Crippen LogP contribution in [0, 0.1) is 11.7 Å². The highest BCUT2D eigenvalue weighted by atomic mass is 32.1. The molecule has 1 heterocycles. The number of anilines is 1. The molecule has 0 unspecified atom stereocenters. The van der Waals surface area contributed by atoms with Gasteiger partial charge in [0, 0.05) is 24.2 Å². The van der Waals surface area contributed by atoms with Crippen molar-refractivity contribution in [3.63, 3.8) is 0 Å². The molecule has 0 atom stereocenters. The Morgan fingerprint density at radius 3 is 2.44 bits per heavy atom. The molecule has 2 amide bonds. The Balaban J connectivity index is 1.48. The molecule has 32 heavy (non-hydrogen) atoms. The van der Waals surface area contributed by atoms with Crippen LogP contribution >= 0.6 is 12.2 Å². The zero-order chi connectivity index (χ0) is 22.9. The number of nitrogens with zero attached hydrogens (tertiary/aromatic N) is 2. The van der Waals surface area contributed by atoms with Gasteiger partial charge in [0.1, 0.15) is 5.75 Å². The fourth-order valence-corrected chi connectivity index (χ4v) is 3.15. The average molecular weight is 455 g/mol. The summed E-state index contributed by atoms with van der Waals surface area (Å²) in [5, 5.41) is 10.0. The quantitative estimate of drug-likeness (QED) is 0.292. The molecule has 2 aromatic carbocycles. The molecule has 0 aliphatic rings. The van der Waals surface area contributed by atoms with E-state index in [1.165, 1.54) is 0 Å². The second kappa shape index (κ2) is 11.1. The van der Waals surface area contributed by atoms with E-state index in [9.17, 15) is 9.59 Å². The number of carbonyl (C=O) groups excluding carboxylic acids is 2. The van der Waals surface area contributed by atoms with Crippen molar-refractivity contribution in [1.29, 1.82) is 0 Å². The summed E-state index contributed by atoms with van der Waals surface area (Å²) < 4.78 is 7.61. The smallest absolute Gasteiger partial charge is 0.257 e. The van der Waals surface area contributed by atoms with Gasteiger partial charge in [0.15, 0.2) is 10.6 Å². The predicted octanol–water partition coefficient (Wildman–Crippen LogP) is 2.96. The number of aromatic nitrogens is 3. The minimum Gasteiger partial charge on any atom is -0.494 e. The van der Waals surface area contributed by atoms with Crippen LogP contribution in [0.1, 0.15) is 18.9 Å². The van der Waals surface area contributed by atoms with Crippen molar-refractivity contribution in [1.82, 2.24) is 25.6 Å². The third-order valence-corrected chi connectivity index (χ3v) is 4.90. The maximum absolute atomic E-state index is 12.2. The number of rotatable bonds is 9. The standard InChI is InChI=1S/C22H26N6O3S/c1-3-31-18-10-6-16(7-11-18)21-26-27-22(32)28(21)13-12-19(29)24-25-20(30)14-23-17-8-4-15(2)5-9-17/h4-11,23H,3,12-14H2,1-2H3,(H,24,29)(H,25,30)(H,27,32). The van der Waals surface area contributed by atoms with Crippen LogP contribution in [-0.2, 0) is 16.1 Å². The molecule has 0 saturated carbocycles. The molecule has 0 fully saturated rings. The first-order valence-corrected chi connectivity index (χ1v) is 10.6. The van der Waals surface area contributed by atoms with E-state index in [1.54, 1.807) is 4.57 Å². The van der Waals surface area contributed by atoms with Crippen LogP contribution in [0.15, 0.2) is 48.5 Å². The monoisotopic (exact) mass is 454 g/mol. The van der Waals surface area contributed by atoms with Crippen LogP contribution in [0.2, 0.25) is 0 Å². The zero-order valence-corrected chi connectivity index (χ0v) is 18.8. The van der Waals surface area contributed by atoms with E-state index >= 15 is 0 Å². The number of hydrazine groups is 1. The normalized spacial score (nSPS) is 10.4. The topological polar surface area (TPSA) is 113 Å². The molecule has 0 radical (unpaired) electrons. The highest BCUT2D eigenvalue weighted by molar-refractivity contribution is 7.71. The Labute approximate surface area is 191 Å². The molecule has 0 aliphatic heterocycles. The lowest BCUT2D eigenvalue weighted by Gasteiger charge is -2.10. The van der Waals surface area contributed by atoms with Crippen molar-refractivity contribution in [2.45, 2.75) is 26.8 Å². The largest absolute Gasteiger partial charge is 0.494 e. The first kappa shape index (κ1) is 23.0. The zero-order valence-electron chi connectivity index (χ0n) is 18.0. The van der Waals surface area contributed by atoms with Crippen LogP contribution < -0.4 is 20.9 Å². The van der Waals surface area contributed by atoms with Gasteiger partial charge in [0.25, 0.3) is 5.91 Å². The van der Waals surface area contributed by atoms with Crippen LogP contribution in [0.5, 0.6) is 5.75 Å². The molecule has 3 rings (SSSR count). The van der Waals surface area contributed by atoms with Gasteiger partial charge in [-0.3, -0.25) is 30.1 Å². The molecular weight excluding hydrogens is 428 g/mol. The number of hydrogen-bond donors (Lipinski definition) is 4. The molecule has 0 bridgehead atoms. The van der Waals surface area contributed by atoms with E-state index in [1.807, 2.05) is 62.4 Å². The highest BCUT2D eigenvalue weighted by Gasteiger charge is 2.11. The molecule has 0 aliphatic carbocycles. The number of benzene rings is 2. The van der Waals surface area contributed by atoms with Gasteiger partial charge in [0.05, 0.1) is 13.2 Å². The predicted molar refractivity (Wildman–Crippen MR) is 125 cm³/mol. The summed E-state index contributed by atoms with van der Waals surface area (Å²) in [7, 11) is 0. The van der Waals surface area contributed by atoms with Crippen molar-refractivity contribution in [3.05, 3.63) is 58.9 Å². The molecule has 4 N–H and O–H groups in total. The van der Waals surface area contributed by atoms with Gasteiger partial charge in [0.2, 0.25) is 5.91 Å². The summed E-state index contributed by atoms with van der Waals surface area (Å²) in [5.41, 5.74) is 7.62. The maximum Gasteiger partial charge on any atom is 0.257 e. The van der Waals surface area contributed by atoms with E-state index < -0.39 is 0 Å². The summed E-state index contributed by atoms with van der Waals surface area (Å²) >= 11 is 5.30. The molecule has 0 saturated heterocycles. The third-order valence-electron chi connectivity index (χ3n) is 4.59. The molecule has 10 heteroatoms. The summed E-state index contributed by atoms with van der Waals surface area (Å²) in [6.45, 7) is 4.85. The lowest BCUT2D eigenvalue weighted by atomic mass is 10.2. The Hall–Kier alpha value is -3.66. The van der Waals surface area contributed by atoms with E-state index in [-0.39, 0.29) is 24.8 Å². The average Bonchev–Trinajstić information content (AvgIpc) is 3.17. The number of hydrogen-bond acceptors (Lipinski definition) is 6. The van der Waals surface area contributed by atoms with Crippen molar-refractivity contribution in [2.24, 2.45) is 0 Å². The first-order valence-electron chi connectivity index (χ1n) is 10.2. The Morgan fingerprint density at radius 1 is 1.06 bits per heavy atom. The summed E-state index contributed by atoms with van der Waals surface area (Å²) in [6, 6.07) is 15.1. The minimum absolute atomic E-state index is 0.0397. The molecule has 1 aromatic heterocycles. The minimum atomic E-state index is -0.353. The van der Waals surface area contributed by atoms with Crippen LogP contribution in [0.3, 0.4) is 0 Å². The number of H-pyrrole nitrogens is 1. The second-order valence-corrected chi connectivity index (χ2v) is 7.41. The third kappa shape index (κ3) is 6.42. The molecular formula is C22H26N6O3S. The summed E-state index contributed by atoms with van der Waals surface area (Å²) in [4.78, 5) is 24.1. The van der Waals surface area contributed by atoms with Gasteiger partial charge < -0.3 is 10.1 Å². The van der Waals surface area contributed by atoms with Gasteiger partial charge in [-0.25, -0.2) is 0 Å². The molecule has 0 spiro atoms. The van der Waals surface area contributed by atoms with Crippen molar-refractivity contribution in [2.75, 3.05) is 18.5 Å². The highest BCUT2D eigenvalue weighted by Crippen LogP contribution is 2.21. The Bertz CT molecular complexity index is 1110. The fraction of sp³-hybridized carbons (Fsp3) is 0.273. The van der Waals surface area contributed by atoms with Gasteiger partial charge in [-0.15, -0.1) is 0 Å². The second-order valence-electron chi connectivity index (χ2n) is 7.03. The van der Waals surface area contributed by atoms with Gasteiger partial charge >= 0.3 is 0 Å². The number of aromatic amines is 1. The van der Waals surface area contributed by atoms with Crippen LogP contribution in [-0.4, -0.2) is 39.7 Å². The molecule has 168 valence electrons. The molecule has 9 nitrogen and oxygen atoms in total. The molecule has 3 aromatic rings. The lowest BCUT2D eigenvalue weighted by Crippen LogP contribution is -2.44. The number of carbonyl (C=O) groups is 2.